The highest BCUT2D eigenvalue weighted by molar-refractivity contribution is 5.77. The quantitative estimate of drug-likeness (QED) is 0.780. The molecule has 3 rings (SSSR count). The van der Waals surface area contributed by atoms with Crippen LogP contribution in [-0.2, 0) is 6.54 Å². The van der Waals surface area contributed by atoms with Gasteiger partial charge < -0.3 is 14.9 Å². The van der Waals surface area contributed by atoms with Gasteiger partial charge in [-0.1, -0.05) is 12.1 Å². The van der Waals surface area contributed by atoms with E-state index in [1.165, 1.54) is 0 Å². The maximum atomic E-state index is 5.77. The van der Waals surface area contributed by atoms with Crippen molar-refractivity contribution < 1.29 is 9.15 Å². The van der Waals surface area contributed by atoms with Gasteiger partial charge in [0, 0.05) is 12.1 Å². The van der Waals surface area contributed by atoms with E-state index in [-0.39, 0.29) is 0 Å². The summed E-state index contributed by atoms with van der Waals surface area (Å²) in [6.07, 6.45) is 0. The van der Waals surface area contributed by atoms with Gasteiger partial charge in [-0.25, -0.2) is 4.98 Å². The number of rotatable bonds is 3. The van der Waals surface area contributed by atoms with Crippen molar-refractivity contribution >= 4 is 11.1 Å². The van der Waals surface area contributed by atoms with Crippen LogP contribution in [0, 0.1) is 0 Å². The molecular formula is C15H14N2O2. The number of benzene rings is 2. The molecule has 0 unspecified atom stereocenters. The first kappa shape index (κ1) is 11.7. The van der Waals surface area contributed by atoms with Crippen LogP contribution >= 0.6 is 0 Å². The van der Waals surface area contributed by atoms with E-state index in [9.17, 15) is 0 Å². The molecule has 0 saturated carbocycles. The van der Waals surface area contributed by atoms with Crippen molar-refractivity contribution in [3.05, 3.63) is 48.0 Å². The van der Waals surface area contributed by atoms with Gasteiger partial charge in [0.2, 0.25) is 5.89 Å². The lowest BCUT2D eigenvalue weighted by Gasteiger charge is -2.00. The lowest BCUT2D eigenvalue weighted by Crippen LogP contribution is -1.94. The Bertz CT molecular complexity index is 719. The standard InChI is InChI=1S/C15H14N2O2/c1-18-12-4-2-3-11(8-12)15-17-13-6-5-10(9-16)7-14(13)19-15/h2-8H,9,16H2,1H3. The Kier molecular flexibility index (Phi) is 2.93. The maximum absolute atomic E-state index is 5.77. The number of nitrogens with zero attached hydrogens (tertiary/aromatic N) is 1. The van der Waals surface area contributed by atoms with Crippen LogP contribution in [-0.4, -0.2) is 12.1 Å². The second-order valence-corrected chi connectivity index (χ2v) is 4.26. The average Bonchev–Trinajstić information content (AvgIpc) is 2.90. The Hall–Kier alpha value is -2.33. The number of oxazole rings is 1. The molecule has 0 spiro atoms. The smallest absolute Gasteiger partial charge is 0.227 e. The normalized spacial score (nSPS) is 10.8. The van der Waals surface area contributed by atoms with Gasteiger partial charge in [0.25, 0.3) is 0 Å². The predicted molar refractivity (Wildman–Crippen MR) is 73.9 cm³/mol. The van der Waals surface area contributed by atoms with Gasteiger partial charge in [0.15, 0.2) is 5.58 Å². The zero-order valence-electron chi connectivity index (χ0n) is 10.6. The number of ether oxygens (including phenoxy) is 1. The van der Waals surface area contributed by atoms with Crippen LogP contribution in [0.25, 0.3) is 22.6 Å². The Balaban J connectivity index is 2.09. The van der Waals surface area contributed by atoms with Crippen LogP contribution in [0.1, 0.15) is 5.56 Å². The number of fused-ring (bicyclic) bond motifs is 1. The summed E-state index contributed by atoms with van der Waals surface area (Å²) in [6, 6.07) is 13.4. The Labute approximate surface area is 110 Å². The van der Waals surface area contributed by atoms with Gasteiger partial charge in [-0.3, -0.25) is 0 Å². The molecule has 0 fully saturated rings. The van der Waals surface area contributed by atoms with E-state index >= 15 is 0 Å². The van der Waals surface area contributed by atoms with E-state index in [0.29, 0.717) is 12.4 Å². The van der Waals surface area contributed by atoms with E-state index in [1.807, 2.05) is 42.5 Å². The summed E-state index contributed by atoms with van der Waals surface area (Å²) in [4.78, 5) is 4.47. The summed E-state index contributed by atoms with van der Waals surface area (Å²) in [5.41, 5.74) is 9.12. The molecule has 96 valence electrons. The van der Waals surface area contributed by atoms with Gasteiger partial charge in [0.1, 0.15) is 11.3 Å². The minimum Gasteiger partial charge on any atom is -0.497 e. The fourth-order valence-corrected chi connectivity index (χ4v) is 1.98. The van der Waals surface area contributed by atoms with Crippen molar-refractivity contribution in [2.45, 2.75) is 6.54 Å². The average molecular weight is 254 g/mol. The molecule has 4 nitrogen and oxygen atoms in total. The van der Waals surface area contributed by atoms with Gasteiger partial charge in [0.05, 0.1) is 7.11 Å². The van der Waals surface area contributed by atoms with Crippen LogP contribution in [0.5, 0.6) is 5.75 Å². The molecular weight excluding hydrogens is 240 g/mol. The number of aromatic nitrogens is 1. The molecule has 1 heterocycles. The third-order valence-electron chi connectivity index (χ3n) is 3.01. The van der Waals surface area contributed by atoms with Crippen molar-refractivity contribution in [2.75, 3.05) is 7.11 Å². The third-order valence-corrected chi connectivity index (χ3v) is 3.01. The van der Waals surface area contributed by atoms with Crippen LogP contribution in [0.3, 0.4) is 0 Å². The monoisotopic (exact) mass is 254 g/mol. The molecule has 19 heavy (non-hydrogen) atoms. The number of hydrogen-bond donors (Lipinski definition) is 1. The van der Waals surface area contributed by atoms with Crippen LogP contribution < -0.4 is 10.5 Å². The van der Waals surface area contributed by atoms with Crippen molar-refractivity contribution in [3.8, 4) is 17.2 Å². The molecule has 0 atom stereocenters. The Morgan fingerprint density at radius 2 is 2.11 bits per heavy atom. The molecule has 2 N–H and O–H groups in total. The summed E-state index contributed by atoms with van der Waals surface area (Å²) in [5, 5.41) is 0. The molecule has 2 aromatic carbocycles. The summed E-state index contributed by atoms with van der Waals surface area (Å²) in [5.74, 6) is 1.37. The molecule has 0 aliphatic carbocycles. The van der Waals surface area contributed by atoms with Gasteiger partial charge in [-0.05, 0) is 35.9 Å². The molecule has 1 aromatic heterocycles. The molecule has 0 bridgehead atoms. The van der Waals surface area contributed by atoms with Gasteiger partial charge in [-0.2, -0.15) is 0 Å². The van der Waals surface area contributed by atoms with Gasteiger partial charge >= 0.3 is 0 Å². The summed E-state index contributed by atoms with van der Waals surface area (Å²) >= 11 is 0. The van der Waals surface area contributed by atoms with Crippen LogP contribution in [0.2, 0.25) is 0 Å². The van der Waals surface area contributed by atoms with Crippen molar-refractivity contribution in [1.82, 2.24) is 4.98 Å². The largest absolute Gasteiger partial charge is 0.497 e. The molecule has 4 heteroatoms. The number of hydrogen-bond acceptors (Lipinski definition) is 4. The van der Waals surface area contributed by atoms with Crippen LogP contribution in [0.15, 0.2) is 46.9 Å². The van der Waals surface area contributed by atoms with E-state index in [1.54, 1.807) is 7.11 Å². The zero-order valence-corrected chi connectivity index (χ0v) is 10.6. The molecule has 3 aromatic rings. The summed E-state index contributed by atoms with van der Waals surface area (Å²) in [6.45, 7) is 0.491. The first-order valence-electron chi connectivity index (χ1n) is 6.04. The van der Waals surface area contributed by atoms with E-state index in [4.69, 9.17) is 14.9 Å². The van der Waals surface area contributed by atoms with E-state index < -0.39 is 0 Å². The predicted octanol–water partition coefficient (Wildman–Crippen LogP) is 2.96. The maximum Gasteiger partial charge on any atom is 0.227 e. The lowest BCUT2D eigenvalue weighted by molar-refractivity contribution is 0.415. The fraction of sp³-hybridized carbons (Fsp3) is 0.133. The highest BCUT2D eigenvalue weighted by atomic mass is 16.5. The SMILES string of the molecule is COc1cccc(-c2nc3ccc(CN)cc3o2)c1. The Morgan fingerprint density at radius 3 is 2.89 bits per heavy atom. The second-order valence-electron chi connectivity index (χ2n) is 4.26. The van der Waals surface area contributed by atoms with Crippen molar-refractivity contribution in [3.63, 3.8) is 0 Å². The van der Waals surface area contributed by atoms with Gasteiger partial charge in [-0.15, -0.1) is 0 Å². The highest BCUT2D eigenvalue weighted by Crippen LogP contribution is 2.27. The molecule has 0 radical (unpaired) electrons. The zero-order chi connectivity index (χ0) is 13.2. The first-order chi connectivity index (χ1) is 9.30. The lowest BCUT2D eigenvalue weighted by atomic mass is 10.2. The Morgan fingerprint density at radius 1 is 1.21 bits per heavy atom. The third kappa shape index (κ3) is 2.18. The number of nitrogens with two attached hydrogens (primary N) is 1. The molecule has 0 aliphatic rings. The van der Waals surface area contributed by atoms with E-state index in [2.05, 4.69) is 4.98 Å². The molecule has 0 amide bonds. The van der Waals surface area contributed by atoms with Crippen LogP contribution in [0.4, 0.5) is 0 Å². The molecule has 0 saturated heterocycles. The minimum absolute atomic E-state index is 0.491. The first-order valence-corrected chi connectivity index (χ1v) is 6.04. The summed E-state index contributed by atoms with van der Waals surface area (Å²) < 4.78 is 11.0. The van der Waals surface area contributed by atoms with E-state index in [0.717, 1.165) is 28.0 Å². The topological polar surface area (TPSA) is 61.3 Å². The molecule has 0 aliphatic heterocycles. The van der Waals surface area contributed by atoms with Crippen molar-refractivity contribution in [2.24, 2.45) is 5.73 Å². The highest BCUT2D eigenvalue weighted by Gasteiger charge is 2.09. The second kappa shape index (κ2) is 4.74. The van der Waals surface area contributed by atoms with Crippen molar-refractivity contribution in [1.29, 1.82) is 0 Å². The number of methoxy groups -OCH3 is 1. The summed E-state index contributed by atoms with van der Waals surface area (Å²) in [7, 11) is 1.64. The minimum atomic E-state index is 0.491. The fourth-order valence-electron chi connectivity index (χ4n) is 1.98.